The Bertz CT molecular complexity index is 461. The van der Waals surface area contributed by atoms with Crippen LogP contribution >= 0.6 is 11.8 Å². The molecule has 0 radical (unpaired) electrons. The van der Waals surface area contributed by atoms with E-state index in [1.807, 2.05) is 30.3 Å². The fourth-order valence-corrected chi connectivity index (χ4v) is 3.49. The van der Waals surface area contributed by atoms with E-state index in [1.54, 1.807) is 11.8 Å². The smallest absolute Gasteiger partial charge is 0.178 e. The van der Waals surface area contributed by atoms with Crippen LogP contribution in [0.15, 0.2) is 41.5 Å². The fourth-order valence-electron chi connectivity index (χ4n) is 2.14. The van der Waals surface area contributed by atoms with E-state index in [9.17, 15) is 4.79 Å². The fraction of sp³-hybridized carbons (Fsp3) is 0.400. The van der Waals surface area contributed by atoms with Gasteiger partial charge in [-0.1, -0.05) is 41.5 Å². The molecule has 0 aromatic heterocycles. The molecule has 0 spiro atoms. The van der Waals surface area contributed by atoms with Crippen LogP contribution in [0, 0.1) is 0 Å². The standard InChI is InChI=1S/C15H18OS/c1-11-9-15(3,17-10-12(11)2)14(16)13-7-5-4-6-8-13/h4-8H,9-10H2,1-3H3. The molecular formula is C15H18OS. The van der Waals surface area contributed by atoms with Crippen LogP contribution in [0.5, 0.6) is 0 Å². The normalized spacial score (nSPS) is 24.9. The maximum Gasteiger partial charge on any atom is 0.178 e. The van der Waals surface area contributed by atoms with Crippen molar-refractivity contribution in [1.29, 1.82) is 0 Å². The number of hydrogen-bond acceptors (Lipinski definition) is 2. The summed E-state index contributed by atoms with van der Waals surface area (Å²) >= 11 is 1.77. The van der Waals surface area contributed by atoms with Gasteiger partial charge in [0.05, 0.1) is 4.75 Å². The summed E-state index contributed by atoms with van der Waals surface area (Å²) in [5.41, 5.74) is 3.62. The molecule has 17 heavy (non-hydrogen) atoms. The average Bonchev–Trinajstić information content (AvgIpc) is 2.34. The summed E-state index contributed by atoms with van der Waals surface area (Å²) in [4.78, 5) is 12.5. The van der Waals surface area contributed by atoms with Crippen molar-refractivity contribution in [1.82, 2.24) is 0 Å². The summed E-state index contributed by atoms with van der Waals surface area (Å²) in [6, 6.07) is 9.63. The summed E-state index contributed by atoms with van der Waals surface area (Å²) < 4.78 is -0.287. The van der Waals surface area contributed by atoms with Gasteiger partial charge in [0.25, 0.3) is 0 Å². The van der Waals surface area contributed by atoms with Crippen LogP contribution < -0.4 is 0 Å². The number of rotatable bonds is 2. The number of hydrogen-bond donors (Lipinski definition) is 0. The number of carbonyl (C=O) groups excluding carboxylic acids is 1. The second-order valence-corrected chi connectivity index (χ2v) is 6.43. The molecule has 0 bridgehead atoms. The maximum absolute atomic E-state index is 12.5. The van der Waals surface area contributed by atoms with Gasteiger partial charge in [0.15, 0.2) is 5.78 Å². The first-order valence-corrected chi connectivity index (χ1v) is 6.90. The third-order valence-electron chi connectivity index (χ3n) is 3.45. The van der Waals surface area contributed by atoms with Gasteiger partial charge < -0.3 is 0 Å². The van der Waals surface area contributed by atoms with Gasteiger partial charge >= 0.3 is 0 Å². The molecule has 1 aromatic rings. The largest absolute Gasteiger partial charge is 0.293 e. The second kappa shape index (κ2) is 4.69. The summed E-state index contributed by atoms with van der Waals surface area (Å²) in [5, 5.41) is 0. The molecule has 1 atom stereocenters. The van der Waals surface area contributed by atoms with E-state index < -0.39 is 0 Å². The predicted molar refractivity (Wildman–Crippen MR) is 74.6 cm³/mol. The lowest BCUT2D eigenvalue weighted by atomic mass is 9.90. The van der Waals surface area contributed by atoms with E-state index in [2.05, 4.69) is 20.8 Å². The zero-order chi connectivity index (χ0) is 12.5. The molecule has 1 nitrogen and oxygen atoms in total. The number of benzene rings is 1. The Morgan fingerprint density at radius 1 is 1.18 bits per heavy atom. The highest BCUT2D eigenvalue weighted by molar-refractivity contribution is 8.01. The van der Waals surface area contributed by atoms with Crippen LogP contribution in [0.25, 0.3) is 0 Å². The van der Waals surface area contributed by atoms with Crippen molar-refractivity contribution < 1.29 is 4.79 Å². The molecule has 0 amide bonds. The highest BCUT2D eigenvalue weighted by Crippen LogP contribution is 2.41. The van der Waals surface area contributed by atoms with Crippen LogP contribution in [-0.4, -0.2) is 16.3 Å². The number of carbonyl (C=O) groups is 1. The van der Waals surface area contributed by atoms with E-state index in [0.717, 1.165) is 17.7 Å². The maximum atomic E-state index is 12.5. The van der Waals surface area contributed by atoms with Crippen LogP contribution in [0.3, 0.4) is 0 Å². The molecule has 2 rings (SSSR count). The van der Waals surface area contributed by atoms with Crippen molar-refractivity contribution in [2.75, 3.05) is 5.75 Å². The van der Waals surface area contributed by atoms with Crippen LogP contribution in [-0.2, 0) is 0 Å². The van der Waals surface area contributed by atoms with E-state index in [-0.39, 0.29) is 10.5 Å². The van der Waals surface area contributed by atoms with Crippen molar-refractivity contribution in [3.05, 3.63) is 47.0 Å². The van der Waals surface area contributed by atoms with Crippen molar-refractivity contribution >= 4 is 17.5 Å². The van der Waals surface area contributed by atoms with Crippen molar-refractivity contribution in [2.24, 2.45) is 0 Å². The Hall–Kier alpha value is -1.02. The Morgan fingerprint density at radius 2 is 1.82 bits per heavy atom. The first-order chi connectivity index (χ1) is 8.03. The van der Waals surface area contributed by atoms with Gasteiger partial charge in [0, 0.05) is 11.3 Å². The first kappa shape index (κ1) is 12.4. The van der Waals surface area contributed by atoms with Gasteiger partial charge in [0.1, 0.15) is 0 Å². The number of Topliss-reactive ketones (excluding diaryl/α,β-unsaturated/α-hetero) is 1. The summed E-state index contributed by atoms with van der Waals surface area (Å²) in [6.07, 6.45) is 0.872. The molecular weight excluding hydrogens is 228 g/mol. The SMILES string of the molecule is CC1=C(C)CC(C)(C(=O)c2ccccc2)SC1. The van der Waals surface area contributed by atoms with Gasteiger partial charge in [0.2, 0.25) is 0 Å². The van der Waals surface area contributed by atoms with Crippen LogP contribution in [0.1, 0.15) is 37.6 Å². The minimum absolute atomic E-state index is 0.259. The lowest BCUT2D eigenvalue weighted by Crippen LogP contribution is -2.35. The molecule has 0 saturated carbocycles. The van der Waals surface area contributed by atoms with Crippen molar-refractivity contribution in [3.63, 3.8) is 0 Å². The van der Waals surface area contributed by atoms with Gasteiger partial charge in [-0.05, 0) is 27.2 Å². The Kier molecular flexibility index (Phi) is 3.43. The molecule has 1 aliphatic heterocycles. The van der Waals surface area contributed by atoms with E-state index in [0.29, 0.717) is 0 Å². The summed E-state index contributed by atoms with van der Waals surface area (Å²) in [5.74, 6) is 1.23. The quantitative estimate of drug-likeness (QED) is 0.577. The molecule has 1 unspecified atom stereocenters. The molecule has 90 valence electrons. The Labute approximate surface area is 107 Å². The molecule has 1 aliphatic rings. The zero-order valence-electron chi connectivity index (χ0n) is 10.6. The summed E-state index contributed by atoms with van der Waals surface area (Å²) in [7, 11) is 0. The van der Waals surface area contributed by atoms with Gasteiger partial charge in [-0.2, -0.15) is 0 Å². The van der Waals surface area contributed by atoms with Crippen LogP contribution in [0.2, 0.25) is 0 Å². The second-order valence-electron chi connectivity index (χ2n) is 4.95. The van der Waals surface area contributed by atoms with E-state index >= 15 is 0 Å². The third-order valence-corrected chi connectivity index (χ3v) is 5.00. The molecule has 0 N–H and O–H groups in total. The zero-order valence-corrected chi connectivity index (χ0v) is 11.4. The molecule has 0 fully saturated rings. The van der Waals surface area contributed by atoms with Crippen LogP contribution in [0.4, 0.5) is 0 Å². The van der Waals surface area contributed by atoms with Crippen molar-refractivity contribution in [3.8, 4) is 0 Å². The summed E-state index contributed by atoms with van der Waals surface area (Å²) in [6.45, 7) is 6.38. The Balaban J connectivity index is 2.27. The first-order valence-electron chi connectivity index (χ1n) is 5.92. The highest BCUT2D eigenvalue weighted by atomic mass is 32.2. The number of allylic oxidation sites excluding steroid dienone is 1. The van der Waals surface area contributed by atoms with Gasteiger partial charge in [-0.3, -0.25) is 4.79 Å². The minimum atomic E-state index is -0.287. The minimum Gasteiger partial charge on any atom is -0.293 e. The molecule has 1 heterocycles. The lowest BCUT2D eigenvalue weighted by molar-refractivity contribution is 0.0949. The predicted octanol–water partition coefficient (Wildman–Crippen LogP) is 4.10. The number of thioether (sulfide) groups is 1. The van der Waals surface area contributed by atoms with Gasteiger partial charge in [-0.25, -0.2) is 0 Å². The van der Waals surface area contributed by atoms with Crippen molar-refractivity contribution in [2.45, 2.75) is 31.9 Å². The highest BCUT2D eigenvalue weighted by Gasteiger charge is 2.37. The molecule has 2 heteroatoms. The topological polar surface area (TPSA) is 17.1 Å². The molecule has 0 saturated heterocycles. The monoisotopic (exact) mass is 246 g/mol. The lowest BCUT2D eigenvalue weighted by Gasteiger charge is -2.33. The van der Waals surface area contributed by atoms with E-state index in [1.165, 1.54) is 11.1 Å². The Morgan fingerprint density at radius 3 is 2.41 bits per heavy atom. The molecule has 1 aromatic carbocycles. The van der Waals surface area contributed by atoms with Gasteiger partial charge in [-0.15, -0.1) is 11.8 Å². The molecule has 0 aliphatic carbocycles. The van der Waals surface area contributed by atoms with E-state index in [4.69, 9.17) is 0 Å². The third kappa shape index (κ3) is 2.47. The number of ketones is 1. The average molecular weight is 246 g/mol.